The highest BCUT2D eigenvalue weighted by atomic mass is 16.6. The van der Waals surface area contributed by atoms with E-state index in [2.05, 4.69) is 57.2 Å². The van der Waals surface area contributed by atoms with Crippen molar-refractivity contribution in [3.8, 4) is 0 Å². The lowest BCUT2D eigenvalue weighted by Crippen LogP contribution is -2.30. The number of hydrogen-bond acceptors (Lipinski definition) is 6. The maximum absolute atomic E-state index is 12.7. The Hall–Kier alpha value is -2.37. The van der Waals surface area contributed by atoms with Gasteiger partial charge in [0, 0.05) is 19.3 Å². The van der Waals surface area contributed by atoms with Crippen LogP contribution in [-0.4, -0.2) is 37.2 Å². The summed E-state index contributed by atoms with van der Waals surface area (Å²) >= 11 is 0. The third-order valence-electron chi connectivity index (χ3n) is 10.6. The first kappa shape index (κ1) is 54.6. The molecule has 0 heterocycles. The molecule has 0 saturated carbocycles. The van der Waals surface area contributed by atoms with Gasteiger partial charge in [-0.2, -0.15) is 0 Å². The van der Waals surface area contributed by atoms with Gasteiger partial charge in [0.1, 0.15) is 13.2 Å². The highest BCUT2D eigenvalue weighted by molar-refractivity contribution is 5.71. The fourth-order valence-electron chi connectivity index (χ4n) is 6.92. The fraction of sp³-hybridized carbons (Fsp3) is 0.824. The Kier molecular flexibility index (Phi) is 44.4. The van der Waals surface area contributed by atoms with Gasteiger partial charge in [0.25, 0.3) is 0 Å². The molecule has 0 saturated heterocycles. The van der Waals surface area contributed by atoms with E-state index in [4.69, 9.17) is 14.2 Å². The van der Waals surface area contributed by atoms with E-state index in [1.165, 1.54) is 135 Å². The van der Waals surface area contributed by atoms with Crippen molar-refractivity contribution >= 4 is 17.9 Å². The molecule has 0 spiro atoms. The second kappa shape index (κ2) is 46.3. The number of rotatable bonds is 44. The summed E-state index contributed by atoms with van der Waals surface area (Å²) in [6.07, 6.45) is 52.8. The van der Waals surface area contributed by atoms with Crippen molar-refractivity contribution in [2.45, 2.75) is 258 Å². The van der Waals surface area contributed by atoms with Gasteiger partial charge in [-0.1, -0.05) is 211 Å². The van der Waals surface area contributed by atoms with Gasteiger partial charge in [-0.05, 0) is 57.8 Å². The summed E-state index contributed by atoms with van der Waals surface area (Å²) in [5, 5.41) is 0. The molecular weight excluding hydrogens is 709 g/mol. The third-order valence-corrected chi connectivity index (χ3v) is 10.6. The van der Waals surface area contributed by atoms with Crippen LogP contribution in [0.4, 0.5) is 0 Å². The minimum Gasteiger partial charge on any atom is -0.462 e. The van der Waals surface area contributed by atoms with E-state index in [1.807, 2.05) is 0 Å². The highest BCUT2D eigenvalue weighted by Crippen LogP contribution is 2.15. The number of hydrogen-bond donors (Lipinski definition) is 0. The molecule has 0 fully saturated rings. The quantitative estimate of drug-likeness (QED) is 0.0264. The van der Waals surface area contributed by atoms with Crippen molar-refractivity contribution in [3.63, 3.8) is 0 Å². The molecule has 0 radical (unpaired) electrons. The molecule has 6 heteroatoms. The molecule has 0 aromatic rings. The van der Waals surface area contributed by atoms with Crippen molar-refractivity contribution in [1.82, 2.24) is 0 Å². The van der Waals surface area contributed by atoms with Crippen molar-refractivity contribution < 1.29 is 28.6 Å². The first-order valence-corrected chi connectivity index (χ1v) is 24.5. The van der Waals surface area contributed by atoms with Crippen LogP contribution >= 0.6 is 0 Å². The van der Waals surface area contributed by atoms with E-state index >= 15 is 0 Å². The summed E-state index contributed by atoms with van der Waals surface area (Å²) in [4.78, 5) is 37.7. The lowest BCUT2D eigenvalue weighted by molar-refractivity contribution is -0.167. The standard InChI is InChI=1S/C51H92O6/c1-4-7-10-13-16-18-20-22-23-24-25-26-27-29-30-32-35-38-41-44-50(53)56-47-48(46-55-49(52)43-40-37-34-15-12-9-6-3)57-51(54)45-42-39-36-33-31-28-21-19-17-14-11-8-5-2/h16,18,22-23,25-26,48H,4-15,17,19-21,24,27-47H2,1-3H3/b18-16-,23-22-,26-25-. The minimum atomic E-state index is -0.770. The summed E-state index contributed by atoms with van der Waals surface area (Å²) < 4.78 is 16.7. The molecule has 0 aliphatic carbocycles. The first-order chi connectivity index (χ1) is 28.0. The fourth-order valence-corrected chi connectivity index (χ4v) is 6.92. The van der Waals surface area contributed by atoms with E-state index in [1.54, 1.807) is 0 Å². The van der Waals surface area contributed by atoms with E-state index in [0.29, 0.717) is 19.3 Å². The molecule has 0 bridgehead atoms. The average Bonchev–Trinajstić information content (AvgIpc) is 3.21. The molecule has 0 aliphatic rings. The zero-order valence-corrected chi connectivity index (χ0v) is 37.9. The molecule has 332 valence electrons. The maximum Gasteiger partial charge on any atom is 0.306 e. The van der Waals surface area contributed by atoms with Gasteiger partial charge in [-0.15, -0.1) is 0 Å². The third kappa shape index (κ3) is 44.6. The Balaban J connectivity index is 4.26. The predicted molar refractivity (Wildman–Crippen MR) is 242 cm³/mol. The smallest absolute Gasteiger partial charge is 0.306 e. The Morgan fingerprint density at radius 3 is 1.02 bits per heavy atom. The second-order valence-corrected chi connectivity index (χ2v) is 16.4. The molecule has 0 amide bonds. The lowest BCUT2D eigenvalue weighted by atomic mass is 10.0. The molecule has 57 heavy (non-hydrogen) atoms. The van der Waals surface area contributed by atoms with Crippen LogP contribution in [0.3, 0.4) is 0 Å². The largest absolute Gasteiger partial charge is 0.462 e. The molecule has 6 nitrogen and oxygen atoms in total. The van der Waals surface area contributed by atoms with Crippen LogP contribution in [-0.2, 0) is 28.6 Å². The van der Waals surface area contributed by atoms with Crippen LogP contribution in [0.25, 0.3) is 0 Å². The van der Waals surface area contributed by atoms with E-state index < -0.39 is 6.10 Å². The monoisotopic (exact) mass is 801 g/mol. The van der Waals surface area contributed by atoms with Crippen molar-refractivity contribution in [1.29, 1.82) is 0 Å². The molecule has 0 aromatic carbocycles. The zero-order valence-electron chi connectivity index (χ0n) is 37.9. The second-order valence-electron chi connectivity index (χ2n) is 16.4. The molecule has 1 atom stereocenters. The molecule has 0 N–H and O–H groups in total. The molecular formula is C51H92O6. The summed E-state index contributed by atoms with van der Waals surface area (Å²) in [5.41, 5.74) is 0. The van der Waals surface area contributed by atoms with Crippen LogP contribution in [0, 0.1) is 0 Å². The van der Waals surface area contributed by atoms with Crippen molar-refractivity contribution in [3.05, 3.63) is 36.5 Å². The summed E-state index contributed by atoms with van der Waals surface area (Å²) in [5.74, 6) is -0.886. The molecule has 1 unspecified atom stereocenters. The van der Waals surface area contributed by atoms with Crippen molar-refractivity contribution in [2.75, 3.05) is 13.2 Å². The number of carbonyl (C=O) groups is 3. The molecule has 0 aromatic heterocycles. The Morgan fingerprint density at radius 2 is 0.632 bits per heavy atom. The summed E-state index contributed by atoms with van der Waals surface area (Å²) in [6, 6.07) is 0. The van der Waals surface area contributed by atoms with Gasteiger partial charge < -0.3 is 14.2 Å². The van der Waals surface area contributed by atoms with Crippen LogP contribution in [0.1, 0.15) is 252 Å². The lowest BCUT2D eigenvalue weighted by Gasteiger charge is -2.18. The van der Waals surface area contributed by atoms with Crippen LogP contribution in [0.15, 0.2) is 36.5 Å². The van der Waals surface area contributed by atoms with Gasteiger partial charge in [0.15, 0.2) is 6.10 Å². The van der Waals surface area contributed by atoms with Gasteiger partial charge in [-0.25, -0.2) is 0 Å². The van der Waals surface area contributed by atoms with Gasteiger partial charge in [0.05, 0.1) is 0 Å². The van der Waals surface area contributed by atoms with E-state index in [-0.39, 0.29) is 31.1 Å². The van der Waals surface area contributed by atoms with E-state index in [9.17, 15) is 14.4 Å². The summed E-state index contributed by atoms with van der Waals surface area (Å²) in [6.45, 7) is 6.56. The minimum absolute atomic E-state index is 0.0737. The van der Waals surface area contributed by atoms with Crippen LogP contribution < -0.4 is 0 Å². The van der Waals surface area contributed by atoms with Crippen molar-refractivity contribution in [2.24, 2.45) is 0 Å². The Bertz CT molecular complexity index is 969. The normalized spacial score (nSPS) is 12.3. The number of unbranched alkanes of at least 4 members (excludes halogenated alkanes) is 27. The topological polar surface area (TPSA) is 78.9 Å². The molecule has 0 aliphatic heterocycles. The SMILES string of the molecule is CCCCC/C=C\C/C=C\C/C=C\CCCCCCCCC(=O)OCC(COC(=O)CCCCCCCCC)OC(=O)CCCCCCCCCCCCCCC. The summed E-state index contributed by atoms with van der Waals surface area (Å²) in [7, 11) is 0. The van der Waals surface area contributed by atoms with Gasteiger partial charge in [-0.3, -0.25) is 14.4 Å². The van der Waals surface area contributed by atoms with Gasteiger partial charge in [0.2, 0.25) is 0 Å². The Morgan fingerprint density at radius 1 is 0.351 bits per heavy atom. The average molecular weight is 801 g/mol. The van der Waals surface area contributed by atoms with E-state index in [0.717, 1.165) is 77.0 Å². The predicted octanol–water partition coefficient (Wildman–Crippen LogP) is 15.8. The number of esters is 3. The highest BCUT2D eigenvalue weighted by Gasteiger charge is 2.19. The number of carbonyl (C=O) groups excluding carboxylic acids is 3. The first-order valence-electron chi connectivity index (χ1n) is 24.5. The van der Waals surface area contributed by atoms with Crippen LogP contribution in [0.5, 0.6) is 0 Å². The molecule has 0 rings (SSSR count). The zero-order chi connectivity index (χ0) is 41.5. The Labute approximate surface area is 353 Å². The number of ether oxygens (including phenoxy) is 3. The maximum atomic E-state index is 12.7. The number of allylic oxidation sites excluding steroid dienone is 6. The van der Waals surface area contributed by atoms with Crippen LogP contribution in [0.2, 0.25) is 0 Å². The van der Waals surface area contributed by atoms with Gasteiger partial charge >= 0.3 is 17.9 Å².